The lowest BCUT2D eigenvalue weighted by Crippen LogP contribution is -2.44. The quantitative estimate of drug-likeness (QED) is 0.731. The van der Waals surface area contributed by atoms with Gasteiger partial charge < -0.3 is 5.32 Å². The zero-order valence-electron chi connectivity index (χ0n) is 14.8. The van der Waals surface area contributed by atoms with Crippen molar-refractivity contribution in [1.29, 1.82) is 0 Å². The fourth-order valence-corrected chi connectivity index (χ4v) is 4.81. The molecular formula is C18H21N5OS2. The summed E-state index contributed by atoms with van der Waals surface area (Å²) < 4.78 is 1.73. The van der Waals surface area contributed by atoms with Crippen LogP contribution in [-0.2, 0) is 20.0 Å². The Labute approximate surface area is 160 Å². The first-order valence-electron chi connectivity index (χ1n) is 8.62. The molecule has 4 heterocycles. The third-order valence-corrected chi connectivity index (χ3v) is 6.62. The average Bonchev–Trinajstić information content (AvgIpc) is 3.38. The van der Waals surface area contributed by atoms with Gasteiger partial charge in [0.2, 0.25) is 0 Å². The molecular weight excluding hydrogens is 366 g/mol. The molecule has 0 saturated carbocycles. The molecule has 6 nitrogen and oxygen atoms in total. The summed E-state index contributed by atoms with van der Waals surface area (Å²) in [6, 6.07) is 2.51. The number of nitrogens with one attached hydrogen (secondary N) is 1. The van der Waals surface area contributed by atoms with Gasteiger partial charge in [-0.15, -0.1) is 22.7 Å². The summed E-state index contributed by atoms with van der Waals surface area (Å²) >= 11 is 3.31. The highest BCUT2D eigenvalue weighted by Gasteiger charge is 2.22. The summed E-state index contributed by atoms with van der Waals surface area (Å²) in [5.41, 5.74) is 2.84. The predicted molar refractivity (Wildman–Crippen MR) is 105 cm³/mol. The van der Waals surface area contributed by atoms with Crippen LogP contribution in [0.25, 0.3) is 10.6 Å². The Morgan fingerprint density at radius 1 is 1.42 bits per heavy atom. The monoisotopic (exact) mass is 387 g/mol. The molecule has 0 fully saturated rings. The lowest BCUT2D eigenvalue weighted by molar-refractivity contribution is 0.0928. The van der Waals surface area contributed by atoms with Gasteiger partial charge in [-0.05, 0) is 30.4 Å². The van der Waals surface area contributed by atoms with Crippen LogP contribution in [-0.4, -0.2) is 44.7 Å². The first kappa shape index (κ1) is 17.4. The molecule has 3 aromatic heterocycles. The van der Waals surface area contributed by atoms with E-state index in [0.29, 0.717) is 18.3 Å². The summed E-state index contributed by atoms with van der Waals surface area (Å²) in [5.74, 6) is -0.114. The van der Waals surface area contributed by atoms with Crippen LogP contribution < -0.4 is 5.32 Å². The van der Waals surface area contributed by atoms with Crippen LogP contribution in [0.15, 0.2) is 29.2 Å². The van der Waals surface area contributed by atoms with Crippen LogP contribution in [0.2, 0.25) is 0 Å². The molecule has 3 aromatic rings. The van der Waals surface area contributed by atoms with Crippen molar-refractivity contribution in [1.82, 2.24) is 25.0 Å². The number of nitrogens with zero attached hydrogens (tertiary/aromatic N) is 4. The van der Waals surface area contributed by atoms with Gasteiger partial charge in [0.1, 0.15) is 10.7 Å². The number of carbonyl (C=O) groups excluding carboxylic acids is 1. The minimum Gasteiger partial charge on any atom is -0.349 e. The van der Waals surface area contributed by atoms with Gasteiger partial charge in [-0.2, -0.15) is 5.10 Å². The second kappa shape index (κ2) is 7.30. The normalized spacial score (nSPS) is 15.6. The molecule has 26 heavy (non-hydrogen) atoms. The van der Waals surface area contributed by atoms with Gasteiger partial charge in [0.25, 0.3) is 5.91 Å². The van der Waals surface area contributed by atoms with Gasteiger partial charge in [0.05, 0.1) is 6.20 Å². The minimum atomic E-state index is -0.114. The van der Waals surface area contributed by atoms with E-state index in [1.807, 2.05) is 24.6 Å². The van der Waals surface area contributed by atoms with E-state index < -0.39 is 0 Å². The van der Waals surface area contributed by atoms with Crippen LogP contribution in [0.5, 0.6) is 0 Å². The van der Waals surface area contributed by atoms with Crippen LogP contribution >= 0.6 is 22.7 Å². The molecule has 136 valence electrons. The highest BCUT2D eigenvalue weighted by molar-refractivity contribution is 7.13. The number of aromatic nitrogens is 3. The van der Waals surface area contributed by atoms with Crippen molar-refractivity contribution in [2.45, 2.75) is 25.9 Å². The zero-order chi connectivity index (χ0) is 18.1. The molecule has 0 saturated heterocycles. The van der Waals surface area contributed by atoms with Crippen LogP contribution in [0, 0.1) is 0 Å². The maximum atomic E-state index is 12.4. The minimum absolute atomic E-state index is 0.114. The van der Waals surface area contributed by atoms with Crippen molar-refractivity contribution in [3.05, 3.63) is 45.4 Å². The SMILES string of the molecule is CC(CNC(=O)c1csc(-c2cnn(C)c2)n1)N1CCc2sccc2C1. The van der Waals surface area contributed by atoms with Crippen molar-refractivity contribution in [2.75, 3.05) is 13.1 Å². The fourth-order valence-electron chi connectivity index (χ4n) is 3.15. The van der Waals surface area contributed by atoms with Crippen molar-refractivity contribution in [3.63, 3.8) is 0 Å². The second-order valence-corrected chi connectivity index (χ2v) is 8.45. The Morgan fingerprint density at radius 2 is 2.31 bits per heavy atom. The Bertz CT molecular complexity index is 912. The number of thiazole rings is 1. The number of hydrogen-bond acceptors (Lipinski definition) is 6. The highest BCUT2D eigenvalue weighted by Crippen LogP contribution is 2.25. The molecule has 1 aliphatic rings. The van der Waals surface area contributed by atoms with Gasteiger partial charge in [-0.25, -0.2) is 4.98 Å². The Morgan fingerprint density at radius 3 is 3.12 bits per heavy atom. The van der Waals surface area contributed by atoms with E-state index in [0.717, 1.165) is 30.1 Å². The van der Waals surface area contributed by atoms with Gasteiger partial charge in [0, 0.05) is 54.7 Å². The van der Waals surface area contributed by atoms with Crippen molar-refractivity contribution in [3.8, 4) is 10.6 Å². The first-order chi connectivity index (χ1) is 12.6. The molecule has 0 spiro atoms. The zero-order valence-corrected chi connectivity index (χ0v) is 16.4. The largest absolute Gasteiger partial charge is 0.349 e. The van der Waals surface area contributed by atoms with Crippen LogP contribution in [0.3, 0.4) is 0 Å². The van der Waals surface area contributed by atoms with Crippen molar-refractivity contribution in [2.24, 2.45) is 7.05 Å². The summed E-state index contributed by atoms with van der Waals surface area (Å²) in [7, 11) is 1.87. The smallest absolute Gasteiger partial charge is 0.270 e. The maximum absolute atomic E-state index is 12.4. The van der Waals surface area contributed by atoms with E-state index >= 15 is 0 Å². The number of aryl methyl sites for hydroxylation is 1. The third-order valence-electron chi connectivity index (χ3n) is 4.71. The Kier molecular flexibility index (Phi) is 4.88. The molecule has 1 unspecified atom stereocenters. The summed E-state index contributed by atoms with van der Waals surface area (Å²) in [6.07, 6.45) is 4.77. The topological polar surface area (TPSA) is 63.1 Å². The van der Waals surface area contributed by atoms with E-state index in [4.69, 9.17) is 0 Å². The molecule has 0 radical (unpaired) electrons. The van der Waals surface area contributed by atoms with Crippen molar-refractivity contribution < 1.29 is 4.79 Å². The number of fused-ring (bicyclic) bond motifs is 1. The number of hydrogen-bond donors (Lipinski definition) is 1. The molecule has 1 amide bonds. The predicted octanol–water partition coefficient (Wildman–Crippen LogP) is 2.78. The van der Waals surface area contributed by atoms with E-state index in [9.17, 15) is 4.79 Å². The third kappa shape index (κ3) is 3.58. The van der Waals surface area contributed by atoms with E-state index in [1.54, 1.807) is 16.3 Å². The average molecular weight is 388 g/mol. The van der Waals surface area contributed by atoms with E-state index in [1.165, 1.54) is 21.8 Å². The first-order valence-corrected chi connectivity index (χ1v) is 10.4. The fraction of sp³-hybridized carbons (Fsp3) is 0.389. The van der Waals surface area contributed by atoms with E-state index in [-0.39, 0.29) is 5.91 Å². The number of thiophene rings is 1. The van der Waals surface area contributed by atoms with Gasteiger partial charge >= 0.3 is 0 Å². The highest BCUT2D eigenvalue weighted by atomic mass is 32.1. The molecule has 1 atom stereocenters. The van der Waals surface area contributed by atoms with Gasteiger partial charge in [-0.1, -0.05) is 0 Å². The molecule has 1 aliphatic heterocycles. The number of carbonyl (C=O) groups is 1. The molecule has 0 aliphatic carbocycles. The molecule has 0 bridgehead atoms. The van der Waals surface area contributed by atoms with Gasteiger partial charge in [0.15, 0.2) is 0 Å². The van der Waals surface area contributed by atoms with E-state index in [2.05, 4.69) is 38.7 Å². The molecule has 0 aromatic carbocycles. The number of amides is 1. The Hall–Kier alpha value is -2.03. The Balaban J connectivity index is 1.33. The summed E-state index contributed by atoms with van der Waals surface area (Å²) in [6.45, 7) is 4.81. The van der Waals surface area contributed by atoms with Crippen molar-refractivity contribution >= 4 is 28.6 Å². The van der Waals surface area contributed by atoms with Crippen LogP contribution in [0.1, 0.15) is 27.9 Å². The molecule has 8 heteroatoms. The maximum Gasteiger partial charge on any atom is 0.270 e. The lowest BCUT2D eigenvalue weighted by Gasteiger charge is -2.32. The summed E-state index contributed by atoms with van der Waals surface area (Å²) in [4.78, 5) is 20.8. The molecule has 1 N–H and O–H groups in total. The summed E-state index contributed by atoms with van der Waals surface area (Å²) in [5, 5.41) is 12.0. The number of rotatable bonds is 5. The standard InChI is InChI=1S/C18H21N5OS2/c1-12(23-5-3-16-13(10-23)4-6-25-16)7-19-17(24)15-11-26-18(21-15)14-8-20-22(2)9-14/h4,6,8-9,11-12H,3,5,7,10H2,1-2H3,(H,19,24). The van der Waals surface area contributed by atoms with Crippen LogP contribution in [0.4, 0.5) is 0 Å². The lowest BCUT2D eigenvalue weighted by atomic mass is 10.1. The second-order valence-electron chi connectivity index (χ2n) is 6.59. The van der Waals surface area contributed by atoms with Gasteiger partial charge in [-0.3, -0.25) is 14.4 Å². The molecule has 4 rings (SSSR count).